The van der Waals surface area contributed by atoms with E-state index in [1.54, 1.807) is 11.8 Å². The number of nitrogens with one attached hydrogen (secondary N) is 1. The van der Waals surface area contributed by atoms with Crippen molar-refractivity contribution in [2.45, 2.75) is 39.3 Å². The van der Waals surface area contributed by atoms with Crippen LogP contribution in [-0.2, 0) is 6.54 Å². The molecule has 2 unspecified atom stereocenters. The zero-order chi connectivity index (χ0) is 16.4. The number of pyridine rings is 1. The third kappa shape index (κ3) is 3.47. The van der Waals surface area contributed by atoms with Gasteiger partial charge in [-0.25, -0.2) is 9.78 Å². The SMILES string of the molecule is Cc1cccc2nc(CNC(=O)N3CCCC(C(C)O)C3)cn12. The summed E-state index contributed by atoms with van der Waals surface area (Å²) in [6.45, 7) is 5.61. The molecule has 0 aromatic carbocycles. The van der Waals surface area contributed by atoms with Crippen LogP contribution in [0.2, 0.25) is 0 Å². The van der Waals surface area contributed by atoms with Crippen LogP contribution in [0.25, 0.3) is 5.65 Å². The molecule has 0 radical (unpaired) electrons. The van der Waals surface area contributed by atoms with Gasteiger partial charge in [0, 0.05) is 30.9 Å². The Morgan fingerprint density at radius 3 is 3.09 bits per heavy atom. The minimum atomic E-state index is -0.369. The summed E-state index contributed by atoms with van der Waals surface area (Å²) in [5.74, 6) is 0.173. The number of imidazole rings is 1. The average molecular weight is 316 g/mol. The largest absolute Gasteiger partial charge is 0.393 e. The molecule has 2 atom stereocenters. The molecule has 3 rings (SSSR count). The Morgan fingerprint density at radius 2 is 2.35 bits per heavy atom. The summed E-state index contributed by atoms with van der Waals surface area (Å²) in [6, 6.07) is 5.88. The number of hydrogen-bond acceptors (Lipinski definition) is 3. The summed E-state index contributed by atoms with van der Waals surface area (Å²) in [4.78, 5) is 18.6. The van der Waals surface area contributed by atoms with Gasteiger partial charge >= 0.3 is 6.03 Å². The van der Waals surface area contributed by atoms with Gasteiger partial charge in [0.2, 0.25) is 0 Å². The maximum atomic E-state index is 12.3. The smallest absolute Gasteiger partial charge is 0.317 e. The molecule has 6 nitrogen and oxygen atoms in total. The van der Waals surface area contributed by atoms with Gasteiger partial charge in [-0.1, -0.05) is 6.07 Å². The van der Waals surface area contributed by atoms with Crippen LogP contribution < -0.4 is 5.32 Å². The molecule has 0 bridgehead atoms. The van der Waals surface area contributed by atoms with Gasteiger partial charge in [-0.2, -0.15) is 0 Å². The number of nitrogens with zero attached hydrogens (tertiary/aromatic N) is 3. The number of hydrogen-bond donors (Lipinski definition) is 2. The van der Waals surface area contributed by atoms with Crippen LogP contribution in [0, 0.1) is 12.8 Å². The van der Waals surface area contributed by atoms with Crippen molar-refractivity contribution >= 4 is 11.7 Å². The number of rotatable bonds is 3. The Labute approximate surface area is 136 Å². The molecule has 0 aliphatic carbocycles. The number of aliphatic hydroxyl groups is 1. The highest BCUT2D eigenvalue weighted by molar-refractivity contribution is 5.74. The van der Waals surface area contributed by atoms with Gasteiger partial charge in [-0.3, -0.25) is 0 Å². The molecule has 2 aromatic heterocycles. The molecule has 2 N–H and O–H groups in total. The lowest BCUT2D eigenvalue weighted by Crippen LogP contribution is -2.47. The fraction of sp³-hybridized carbons (Fsp3) is 0.529. The Hall–Kier alpha value is -2.08. The molecule has 23 heavy (non-hydrogen) atoms. The monoisotopic (exact) mass is 316 g/mol. The first-order valence-corrected chi connectivity index (χ1v) is 8.19. The second-order valence-corrected chi connectivity index (χ2v) is 6.38. The van der Waals surface area contributed by atoms with E-state index < -0.39 is 0 Å². The van der Waals surface area contributed by atoms with Crippen LogP contribution in [0.4, 0.5) is 4.79 Å². The molecule has 1 aliphatic heterocycles. The second-order valence-electron chi connectivity index (χ2n) is 6.38. The number of carbonyl (C=O) groups excluding carboxylic acids is 1. The van der Waals surface area contributed by atoms with Crippen LogP contribution in [-0.4, -0.2) is 44.6 Å². The van der Waals surface area contributed by atoms with Crippen molar-refractivity contribution < 1.29 is 9.90 Å². The van der Waals surface area contributed by atoms with E-state index in [0.717, 1.165) is 36.4 Å². The Bertz CT molecular complexity index is 695. The van der Waals surface area contributed by atoms with E-state index in [1.807, 2.05) is 35.7 Å². The first kappa shape index (κ1) is 15.8. The summed E-state index contributed by atoms with van der Waals surface area (Å²) in [6.07, 6.45) is 3.51. The van der Waals surface area contributed by atoms with E-state index in [2.05, 4.69) is 10.3 Å². The highest BCUT2D eigenvalue weighted by atomic mass is 16.3. The summed E-state index contributed by atoms with van der Waals surface area (Å²) in [5, 5.41) is 12.7. The number of amides is 2. The Balaban J connectivity index is 1.60. The lowest BCUT2D eigenvalue weighted by Gasteiger charge is -2.34. The number of piperidine rings is 1. The van der Waals surface area contributed by atoms with Crippen LogP contribution in [0.15, 0.2) is 24.4 Å². The maximum Gasteiger partial charge on any atom is 0.317 e. The predicted molar refractivity (Wildman–Crippen MR) is 88.1 cm³/mol. The number of fused-ring (bicyclic) bond motifs is 1. The van der Waals surface area contributed by atoms with E-state index in [9.17, 15) is 9.90 Å². The van der Waals surface area contributed by atoms with Crippen LogP contribution in [0.5, 0.6) is 0 Å². The Kier molecular flexibility index (Phi) is 4.52. The molecule has 2 amide bonds. The molecule has 1 fully saturated rings. The molecule has 2 aromatic rings. The summed E-state index contributed by atoms with van der Waals surface area (Å²) >= 11 is 0. The lowest BCUT2D eigenvalue weighted by atomic mass is 9.94. The molecule has 6 heteroatoms. The number of aromatic nitrogens is 2. The standard InChI is InChI=1S/C17H24N4O2/c1-12-5-3-7-16-19-15(11-21(12)16)9-18-17(23)20-8-4-6-14(10-20)13(2)22/h3,5,7,11,13-14,22H,4,6,8-10H2,1-2H3,(H,18,23). The van der Waals surface area contributed by atoms with Crippen molar-refractivity contribution in [3.8, 4) is 0 Å². The second kappa shape index (κ2) is 6.58. The third-order valence-electron chi connectivity index (χ3n) is 4.59. The lowest BCUT2D eigenvalue weighted by molar-refractivity contribution is 0.0738. The quantitative estimate of drug-likeness (QED) is 0.909. The van der Waals surface area contributed by atoms with Gasteiger partial charge < -0.3 is 19.7 Å². The third-order valence-corrected chi connectivity index (χ3v) is 4.59. The van der Waals surface area contributed by atoms with Gasteiger partial charge in [-0.15, -0.1) is 0 Å². The molecular formula is C17H24N4O2. The fourth-order valence-electron chi connectivity index (χ4n) is 3.15. The predicted octanol–water partition coefficient (Wildman–Crippen LogP) is 1.95. The van der Waals surface area contributed by atoms with E-state index >= 15 is 0 Å². The molecule has 124 valence electrons. The summed E-state index contributed by atoms with van der Waals surface area (Å²) < 4.78 is 2.02. The van der Waals surface area contributed by atoms with Crippen LogP contribution in [0.1, 0.15) is 31.2 Å². The molecule has 0 spiro atoms. The Morgan fingerprint density at radius 1 is 1.52 bits per heavy atom. The molecule has 1 saturated heterocycles. The van der Waals surface area contributed by atoms with Crippen molar-refractivity contribution in [3.63, 3.8) is 0 Å². The van der Waals surface area contributed by atoms with E-state index in [0.29, 0.717) is 13.1 Å². The average Bonchev–Trinajstić information content (AvgIpc) is 2.97. The van der Waals surface area contributed by atoms with E-state index in [4.69, 9.17) is 0 Å². The van der Waals surface area contributed by atoms with Crippen LogP contribution in [0.3, 0.4) is 0 Å². The number of carbonyl (C=O) groups is 1. The van der Waals surface area contributed by atoms with E-state index in [-0.39, 0.29) is 18.1 Å². The van der Waals surface area contributed by atoms with Crippen molar-refractivity contribution in [1.82, 2.24) is 19.6 Å². The number of aryl methyl sites for hydroxylation is 1. The van der Waals surface area contributed by atoms with Crippen molar-refractivity contribution in [2.24, 2.45) is 5.92 Å². The zero-order valence-corrected chi connectivity index (χ0v) is 13.7. The highest BCUT2D eigenvalue weighted by Gasteiger charge is 2.26. The van der Waals surface area contributed by atoms with Gasteiger partial charge in [0.05, 0.1) is 18.3 Å². The van der Waals surface area contributed by atoms with Gasteiger partial charge in [0.25, 0.3) is 0 Å². The minimum absolute atomic E-state index is 0.0795. The minimum Gasteiger partial charge on any atom is -0.393 e. The summed E-state index contributed by atoms with van der Waals surface area (Å²) in [7, 11) is 0. The van der Waals surface area contributed by atoms with Gasteiger partial charge in [0.15, 0.2) is 0 Å². The van der Waals surface area contributed by atoms with Crippen molar-refractivity contribution in [1.29, 1.82) is 0 Å². The normalized spacial score (nSPS) is 19.8. The number of urea groups is 1. The summed E-state index contributed by atoms with van der Waals surface area (Å²) in [5.41, 5.74) is 2.85. The molecular weight excluding hydrogens is 292 g/mol. The van der Waals surface area contributed by atoms with Crippen molar-refractivity contribution in [3.05, 3.63) is 35.8 Å². The fourth-order valence-corrected chi connectivity index (χ4v) is 3.15. The topological polar surface area (TPSA) is 69.9 Å². The van der Waals surface area contributed by atoms with Crippen LogP contribution >= 0.6 is 0 Å². The first-order valence-electron chi connectivity index (χ1n) is 8.19. The highest BCUT2D eigenvalue weighted by Crippen LogP contribution is 2.19. The molecule has 1 aliphatic rings. The molecule has 0 saturated carbocycles. The van der Waals surface area contributed by atoms with Gasteiger partial charge in [0.1, 0.15) is 5.65 Å². The molecule has 3 heterocycles. The number of aliphatic hydroxyl groups excluding tert-OH is 1. The zero-order valence-electron chi connectivity index (χ0n) is 13.7. The van der Waals surface area contributed by atoms with E-state index in [1.165, 1.54) is 0 Å². The first-order chi connectivity index (χ1) is 11.0. The van der Waals surface area contributed by atoms with Gasteiger partial charge in [-0.05, 0) is 38.8 Å². The number of likely N-dealkylation sites (tertiary alicyclic amines) is 1. The maximum absolute atomic E-state index is 12.3. The van der Waals surface area contributed by atoms with Crippen molar-refractivity contribution in [2.75, 3.05) is 13.1 Å².